The maximum atomic E-state index is 5.37. The Balaban J connectivity index is 3.55. The number of rotatable bonds is 6. The fourth-order valence-electron chi connectivity index (χ4n) is 1.13. The fourth-order valence-corrected chi connectivity index (χ4v) is 1.13. The van der Waals surface area contributed by atoms with Gasteiger partial charge in [0.25, 0.3) is 0 Å². The molecule has 0 amide bonds. The molecule has 0 aromatic carbocycles. The second kappa shape index (κ2) is 8.40. The summed E-state index contributed by atoms with van der Waals surface area (Å²) in [7, 11) is 0. The molecule has 0 heteroatoms. The summed E-state index contributed by atoms with van der Waals surface area (Å²) in [6.45, 7) is 4.38. The van der Waals surface area contributed by atoms with Gasteiger partial charge in [0.15, 0.2) is 0 Å². The van der Waals surface area contributed by atoms with Crippen LogP contribution < -0.4 is 0 Å². The molecule has 0 bridgehead atoms. The molecule has 0 aliphatic carbocycles. The minimum absolute atomic E-state index is 0.367. The van der Waals surface area contributed by atoms with E-state index in [1.54, 1.807) is 0 Å². The summed E-state index contributed by atoms with van der Waals surface area (Å²) in [6.07, 6.45) is 15.8. The Bertz CT molecular complexity index is 148. The van der Waals surface area contributed by atoms with Crippen LogP contribution in [0.5, 0.6) is 0 Å². The molecule has 1 unspecified atom stereocenters. The van der Waals surface area contributed by atoms with Crippen LogP contribution in [0.15, 0.2) is 12.2 Å². The van der Waals surface area contributed by atoms with Crippen molar-refractivity contribution < 1.29 is 0 Å². The van der Waals surface area contributed by atoms with Crippen LogP contribution in [0, 0.1) is 18.3 Å². The maximum absolute atomic E-state index is 5.37. The van der Waals surface area contributed by atoms with Gasteiger partial charge in [0.2, 0.25) is 0 Å². The van der Waals surface area contributed by atoms with E-state index in [1.165, 1.54) is 25.7 Å². The highest BCUT2D eigenvalue weighted by Crippen LogP contribution is 2.07. The van der Waals surface area contributed by atoms with E-state index in [0.717, 1.165) is 6.42 Å². The highest BCUT2D eigenvalue weighted by atomic mass is 14.0. The molecule has 0 spiro atoms. The number of hydrogen-bond acceptors (Lipinski definition) is 0. The Hall–Kier alpha value is -0.700. The van der Waals surface area contributed by atoms with E-state index in [-0.39, 0.29) is 0 Å². The lowest BCUT2D eigenvalue weighted by molar-refractivity contribution is 0.704. The molecule has 0 aromatic rings. The molecule has 0 aliphatic rings. The minimum Gasteiger partial charge on any atom is -0.119 e. The van der Waals surface area contributed by atoms with Gasteiger partial charge in [0.05, 0.1) is 0 Å². The first-order valence-electron chi connectivity index (χ1n) is 4.97. The number of unbranched alkanes of at least 4 members (excludes halogenated alkanes) is 2. The van der Waals surface area contributed by atoms with Crippen molar-refractivity contribution in [1.82, 2.24) is 0 Å². The van der Waals surface area contributed by atoms with Gasteiger partial charge >= 0.3 is 0 Å². The molecule has 1 atom stereocenters. The first kappa shape index (κ1) is 11.3. The number of hydrogen-bond donors (Lipinski definition) is 0. The van der Waals surface area contributed by atoms with Crippen LogP contribution in [0.3, 0.4) is 0 Å². The minimum atomic E-state index is 0.367. The largest absolute Gasteiger partial charge is 0.119 e. The predicted molar refractivity (Wildman–Crippen MR) is 55.9 cm³/mol. The summed E-state index contributed by atoms with van der Waals surface area (Å²) in [5.74, 6) is 3.16. The lowest BCUT2D eigenvalue weighted by Crippen LogP contribution is -1.90. The van der Waals surface area contributed by atoms with E-state index in [4.69, 9.17) is 6.42 Å². The van der Waals surface area contributed by atoms with Crippen molar-refractivity contribution in [3.05, 3.63) is 12.2 Å². The van der Waals surface area contributed by atoms with Crippen LogP contribution in [0.25, 0.3) is 0 Å². The summed E-state index contributed by atoms with van der Waals surface area (Å²) in [4.78, 5) is 0. The Morgan fingerprint density at radius 3 is 2.58 bits per heavy atom. The van der Waals surface area contributed by atoms with Crippen LogP contribution in [-0.2, 0) is 0 Å². The highest BCUT2D eigenvalue weighted by Gasteiger charge is 1.95. The van der Waals surface area contributed by atoms with Crippen LogP contribution in [0.2, 0.25) is 0 Å². The first-order valence-corrected chi connectivity index (χ1v) is 4.97. The third kappa shape index (κ3) is 6.04. The molecular weight excluding hydrogens is 144 g/mol. The average Bonchev–Trinajstić information content (AvgIpc) is 2.10. The van der Waals surface area contributed by atoms with Crippen molar-refractivity contribution in [2.24, 2.45) is 5.92 Å². The van der Waals surface area contributed by atoms with Crippen molar-refractivity contribution in [1.29, 1.82) is 0 Å². The van der Waals surface area contributed by atoms with Gasteiger partial charge < -0.3 is 0 Å². The standard InChI is InChI=1S/C12H20/c1-4-7-8-9-11-12(6-3)10-5-2/h3,9,11-12H,4-5,7-8,10H2,1-2H3/b11-9+. The Morgan fingerprint density at radius 2 is 2.08 bits per heavy atom. The molecule has 0 fully saturated rings. The summed E-state index contributed by atoms with van der Waals surface area (Å²) in [5, 5.41) is 0. The third-order valence-corrected chi connectivity index (χ3v) is 1.91. The van der Waals surface area contributed by atoms with Gasteiger partial charge in [-0.05, 0) is 12.8 Å². The van der Waals surface area contributed by atoms with Crippen molar-refractivity contribution in [3.63, 3.8) is 0 Å². The van der Waals surface area contributed by atoms with Crippen LogP contribution in [0.4, 0.5) is 0 Å². The zero-order valence-electron chi connectivity index (χ0n) is 8.34. The van der Waals surface area contributed by atoms with Gasteiger partial charge in [-0.3, -0.25) is 0 Å². The molecule has 0 aromatic heterocycles. The summed E-state index contributed by atoms with van der Waals surface area (Å²) in [5.41, 5.74) is 0. The van der Waals surface area contributed by atoms with Gasteiger partial charge in [-0.15, -0.1) is 6.42 Å². The smallest absolute Gasteiger partial charge is 0.0379 e. The van der Waals surface area contributed by atoms with Gasteiger partial charge in [-0.1, -0.05) is 51.2 Å². The summed E-state index contributed by atoms with van der Waals surface area (Å²) < 4.78 is 0. The first-order chi connectivity index (χ1) is 5.85. The molecule has 0 saturated carbocycles. The molecule has 0 rings (SSSR count). The van der Waals surface area contributed by atoms with E-state index in [2.05, 4.69) is 31.9 Å². The van der Waals surface area contributed by atoms with E-state index < -0.39 is 0 Å². The molecule has 0 heterocycles. The van der Waals surface area contributed by atoms with Crippen LogP contribution in [-0.4, -0.2) is 0 Å². The Morgan fingerprint density at radius 1 is 1.33 bits per heavy atom. The fraction of sp³-hybridized carbons (Fsp3) is 0.667. The lowest BCUT2D eigenvalue weighted by Gasteiger charge is -2.01. The van der Waals surface area contributed by atoms with Crippen molar-refractivity contribution in [2.75, 3.05) is 0 Å². The molecule has 12 heavy (non-hydrogen) atoms. The molecule has 0 N–H and O–H groups in total. The third-order valence-electron chi connectivity index (χ3n) is 1.91. The van der Waals surface area contributed by atoms with E-state index in [9.17, 15) is 0 Å². The topological polar surface area (TPSA) is 0 Å². The summed E-state index contributed by atoms with van der Waals surface area (Å²) >= 11 is 0. The second-order valence-electron chi connectivity index (χ2n) is 3.13. The Kier molecular flexibility index (Phi) is 7.91. The number of allylic oxidation sites excluding steroid dienone is 2. The number of terminal acetylenes is 1. The average molecular weight is 164 g/mol. The van der Waals surface area contributed by atoms with Crippen LogP contribution >= 0.6 is 0 Å². The van der Waals surface area contributed by atoms with Gasteiger partial charge in [0, 0.05) is 5.92 Å². The zero-order valence-corrected chi connectivity index (χ0v) is 8.34. The molecule has 0 radical (unpaired) electrons. The molecular formula is C12H20. The van der Waals surface area contributed by atoms with Crippen molar-refractivity contribution in [3.8, 4) is 12.3 Å². The monoisotopic (exact) mass is 164 g/mol. The SMILES string of the molecule is C#CC(/C=C/CCCC)CCC. The van der Waals surface area contributed by atoms with E-state index in [1.807, 2.05) is 0 Å². The molecule has 0 nitrogen and oxygen atoms in total. The van der Waals surface area contributed by atoms with Crippen LogP contribution in [0.1, 0.15) is 46.0 Å². The zero-order chi connectivity index (χ0) is 9.23. The van der Waals surface area contributed by atoms with Gasteiger partial charge in [0.1, 0.15) is 0 Å². The van der Waals surface area contributed by atoms with Gasteiger partial charge in [-0.2, -0.15) is 0 Å². The molecule has 0 aliphatic heterocycles. The van der Waals surface area contributed by atoms with E-state index in [0.29, 0.717) is 5.92 Å². The van der Waals surface area contributed by atoms with E-state index >= 15 is 0 Å². The summed E-state index contributed by atoms with van der Waals surface area (Å²) in [6, 6.07) is 0. The Labute approximate surface area is 77.1 Å². The lowest BCUT2D eigenvalue weighted by atomic mass is 10.0. The normalized spacial score (nSPS) is 13.1. The van der Waals surface area contributed by atoms with Crippen molar-refractivity contribution >= 4 is 0 Å². The molecule has 68 valence electrons. The molecule has 0 saturated heterocycles. The predicted octanol–water partition coefficient (Wildman–Crippen LogP) is 3.78. The quantitative estimate of drug-likeness (QED) is 0.318. The highest BCUT2D eigenvalue weighted by molar-refractivity contribution is 5.04. The second-order valence-corrected chi connectivity index (χ2v) is 3.13. The van der Waals surface area contributed by atoms with Crippen molar-refractivity contribution in [2.45, 2.75) is 46.0 Å². The van der Waals surface area contributed by atoms with Gasteiger partial charge in [-0.25, -0.2) is 0 Å². The maximum Gasteiger partial charge on any atom is 0.0379 e.